The van der Waals surface area contributed by atoms with E-state index in [2.05, 4.69) is 195 Å². The maximum Gasteiger partial charge on any atom is 0.0669 e. The van der Waals surface area contributed by atoms with Gasteiger partial charge in [0.25, 0.3) is 0 Å². The fourth-order valence-corrected chi connectivity index (χ4v) is 12.5. The van der Waals surface area contributed by atoms with Crippen LogP contribution in [-0.2, 0) is 0 Å². The molecule has 20 nitrogen and oxygen atoms in total. The lowest BCUT2D eigenvalue weighted by molar-refractivity contribution is 0.105. The predicted molar refractivity (Wildman–Crippen MR) is 503 cm³/mol. The minimum Gasteiger partial charge on any atom is -0.396 e. The highest BCUT2D eigenvalue weighted by Crippen LogP contribution is 2.17. The Morgan fingerprint density at radius 1 is 0.261 bits per heavy atom. The molecular weight excluding hydrogens is 1450 g/mol. The SMILES string of the molecule is C.CC(C)C(N)CCCO.CC(C)CC(O)CN1CCCC1.CC(C)C[C@@H](O)CN.CC(C)C[C@@H](O)CN1CCCC1.CC(C)C[C@H](O)CCN.CC(C)C[C@H](O)CN1CCCC1.CC(C)[C@@H](N)CCCO.CC(C)[C@H](N)CCCO.CCC(O)CC(C)C.CCCC(O)CC(C)C.CCC[C@H](O)CC(C)C.CC[C@@H](O)CC(C)C. The van der Waals surface area contributed by atoms with Crippen molar-refractivity contribution in [1.82, 2.24) is 14.7 Å². The lowest BCUT2D eigenvalue weighted by Crippen LogP contribution is -2.30. The predicted octanol–water partition coefficient (Wildman–Crippen LogP) is 16.4. The molecule has 0 aromatic heterocycles. The van der Waals surface area contributed by atoms with Crippen molar-refractivity contribution in [2.24, 2.45) is 99.7 Å². The van der Waals surface area contributed by atoms with E-state index in [0.717, 1.165) is 161 Å². The minimum absolute atomic E-state index is 0. The summed E-state index contributed by atoms with van der Waals surface area (Å²) in [7, 11) is 0. The molecule has 0 aromatic carbocycles. The van der Waals surface area contributed by atoms with Crippen LogP contribution in [0.4, 0.5) is 0 Å². The van der Waals surface area contributed by atoms with Gasteiger partial charge >= 0.3 is 0 Å². The summed E-state index contributed by atoms with van der Waals surface area (Å²) in [5, 5.41) is 109. The van der Waals surface area contributed by atoms with Gasteiger partial charge in [-0.05, 0) is 284 Å². The van der Waals surface area contributed by atoms with Gasteiger partial charge in [-0.1, -0.05) is 214 Å². The molecule has 3 heterocycles. The van der Waals surface area contributed by atoms with E-state index in [1.165, 1.54) is 77.8 Å². The normalized spacial score (nSPS) is 16.7. The van der Waals surface area contributed by atoms with Crippen LogP contribution in [0.1, 0.15) is 381 Å². The van der Waals surface area contributed by atoms with Gasteiger partial charge in [-0.25, -0.2) is 0 Å². The Bertz CT molecular complexity index is 1570. The zero-order valence-electron chi connectivity index (χ0n) is 81.1. The van der Waals surface area contributed by atoms with Gasteiger partial charge in [-0.2, -0.15) is 0 Å². The molecule has 0 radical (unpaired) electrons. The second kappa shape index (κ2) is 95.4. The molecule has 22 N–H and O–H groups in total. The third-order valence-electron chi connectivity index (χ3n) is 19.3. The van der Waals surface area contributed by atoms with Gasteiger partial charge in [0.1, 0.15) is 0 Å². The van der Waals surface area contributed by atoms with E-state index in [1.54, 1.807) is 0 Å². The van der Waals surface area contributed by atoms with E-state index in [1.807, 2.05) is 13.8 Å². The second-order valence-corrected chi connectivity index (χ2v) is 38.1. The number of hydrogen-bond acceptors (Lipinski definition) is 20. The van der Waals surface area contributed by atoms with E-state index in [9.17, 15) is 25.5 Å². The van der Waals surface area contributed by atoms with Crippen molar-refractivity contribution in [3.05, 3.63) is 0 Å². The summed E-state index contributed by atoms with van der Waals surface area (Å²) in [5.41, 5.74) is 27.5. The van der Waals surface area contributed by atoms with Crippen LogP contribution in [0.5, 0.6) is 0 Å². The van der Waals surface area contributed by atoms with E-state index in [4.69, 9.17) is 64.4 Å². The lowest BCUT2D eigenvalue weighted by atomic mass is 10.0. The lowest BCUT2D eigenvalue weighted by Gasteiger charge is -2.20. The summed E-state index contributed by atoms with van der Waals surface area (Å²) >= 11 is 0. The molecule has 710 valence electrons. The summed E-state index contributed by atoms with van der Waals surface area (Å²) in [6.45, 7) is 70.7. The molecule has 12 atom stereocenters. The second-order valence-electron chi connectivity index (χ2n) is 38.1. The fourth-order valence-electron chi connectivity index (χ4n) is 12.5. The Hall–Kier alpha value is -0.800. The summed E-state index contributed by atoms with van der Waals surface area (Å²) in [6.07, 6.45) is 27.0. The number of nitrogens with zero attached hydrogens (tertiary/aromatic N) is 3. The first-order valence-electron chi connectivity index (χ1n) is 46.9. The van der Waals surface area contributed by atoms with Crippen LogP contribution in [-0.4, -0.2) is 241 Å². The summed E-state index contributed by atoms with van der Waals surface area (Å²) in [6, 6.07) is 0.784. The molecule has 0 aliphatic carbocycles. The molecule has 0 aromatic rings. The number of aliphatic hydroxyl groups excluding tert-OH is 12. The topological polar surface area (TPSA) is 383 Å². The Morgan fingerprint density at radius 3 is 0.583 bits per heavy atom. The molecule has 0 amide bonds. The highest BCUT2D eigenvalue weighted by atomic mass is 16.3. The smallest absolute Gasteiger partial charge is 0.0669 e. The Labute approximate surface area is 718 Å². The van der Waals surface area contributed by atoms with Crippen molar-refractivity contribution in [2.45, 2.75) is 454 Å². The third-order valence-corrected chi connectivity index (χ3v) is 19.3. The molecule has 0 spiro atoms. The van der Waals surface area contributed by atoms with Crippen LogP contribution in [0.25, 0.3) is 0 Å². The highest BCUT2D eigenvalue weighted by molar-refractivity contribution is 4.74. The Kier molecular flexibility index (Phi) is 112. The van der Waals surface area contributed by atoms with Crippen LogP contribution in [0.3, 0.4) is 0 Å². The molecule has 3 saturated heterocycles. The molecule has 20 heteroatoms. The number of likely N-dealkylation sites (tertiary alicyclic amines) is 3. The molecule has 115 heavy (non-hydrogen) atoms. The van der Waals surface area contributed by atoms with Crippen molar-refractivity contribution in [3.63, 3.8) is 0 Å². The van der Waals surface area contributed by atoms with E-state index in [0.29, 0.717) is 84.1 Å². The standard InChI is InChI=1S/3C10H21NO.2C8H18O.4C7H17NO.2C7H16O.C6H15NO.CH4/c3*1-9(2)7-10(12)8-11-5-3-4-6-11;2*1-4-5-8(9)6-7(2)3;1-6(2)5-7(9)3-4-8;3*1-6(2)7(8)4-3-5-9;2*1-4-7(8)5-6(2)3;1-5(2)3-6(8)4-7;/h3*9-10,12H,3-8H2,1-2H3;2*7-9H,4-6H2,1-3H3;4*6-7,9H,3-5,8H2,1-2H3;2*6-8H,4-5H2,1-3H3;5-6,8H,3-4,7H2,1-2H3;1H4/t2*10-;;8-;;3*7-;;7-;;6-;/m10.0.110.1.1./s1. The van der Waals surface area contributed by atoms with Crippen molar-refractivity contribution >= 4 is 0 Å². The number of β-amino-alcohol motifs (C(OH)–C–C–N with tert-alkyl or cyclic N) is 3. The number of rotatable bonds is 45. The van der Waals surface area contributed by atoms with Gasteiger partial charge in [-0.3, -0.25) is 0 Å². The monoisotopic (exact) mass is 1660 g/mol. The van der Waals surface area contributed by atoms with Gasteiger partial charge in [0.15, 0.2) is 0 Å². The number of nitrogens with two attached hydrogens (primary N) is 5. The molecule has 3 aliphatic rings. The maximum absolute atomic E-state index is 9.64. The average Bonchev–Trinajstić information content (AvgIpc) is 1.84. The van der Waals surface area contributed by atoms with Crippen molar-refractivity contribution < 1.29 is 61.3 Å². The van der Waals surface area contributed by atoms with Crippen LogP contribution < -0.4 is 28.7 Å². The summed E-state index contributed by atoms with van der Waals surface area (Å²) in [4.78, 5) is 7.10. The first-order valence-corrected chi connectivity index (χ1v) is 46.9. The van der Waals surface area contributed by atoms with Gasteiger partial charge in [0, 0.05) is 64.1 Å². The molecule has 0 saturated carbocycles. The Balaban J connectivity index is -0.000000131. The van der Waals surface area contributed by atoms with E-state index in [-0.39, 0.29) is 100 Å². The molecular formula is C95H218N8O12. The first kappa shape index (κ1) is 135. The van der Waals surface area contributed by atoms with Crippen molar-refractivity contribution in [2.75, 3.05) is 91.8 Å². The zero-order chi connectivity index (χ0) is 90.3. The number of hydrogen-bond donors (Lipinski definition) is 17. The highest BCUT2D eigenvalue weighted by Gasteiger charge is 2.20. The van der Waals surface area contributed by atoms with Crippen LogP contribution >= 0.6 is 0 Å². The third kappa shape index (κ3) is 122. The maximum atomic E-state index is 9.64. The van der Waals surface area contributed by atoms with E-state index < -0.39 is 0 Å². The molecule has 0 bridgehead atoms. The first-order chi connectivity index (χ1) is 53.1. The van der Waals surface area contributed by atoms with Gasteiger partial charge in [0.2, 0.25) is 0 Å². The Morgan fingerprint density at radius 2 is 0.443 bits per heavy atom. The molecule has 4 unspecified atom stereocenters. The quantitative estimate of drug-likeness (QED) is 0.0269. The minimum atomic E-state index is -0.296. The zero-order valence-corrected chi connectivity index (χ0v) is 81.1. The van der Waals surface area contributed by atoms with Gasteiger partial charge < -0.3 is 105 Å². The average molecular weight is 1660 g/mol. The van der Waals surface area contributed by atoms with Gasteiger partial charge in [0.05, 0.1) is 54.9 Å². The van der Waals surface area contributed by atoms with Crippen LogP contribution in [0.15, 0.2) is 0 Å². The largest absolute Gasteiger partial charge is 0.396 e. The molecule has 3 aliphatic heterocycles. The van der Waals surface area contributed by atoms with E-state index >= 15 is 0 Å². The van der Waals surface area contributed by atoms with Crippen LogP contribution in [0, 0.1) is 71.0 Å². The summed E-state index contributed by atoms with van der Waals surface area (Å²) < 4.78 is 0. The fraction of sp³-hybridized carbons (Fsp3) is 1.00. The van der Waals surface area contributed by atoms with Crippen molar-refractivity contribution in [1.29, 1.82) is 0 Å². The molecule has 3 fully saturated rings. The number of aliphatic hydroxyl groups is 12. The van der Waals surface area contributed by atoms with Crippen LogP contribution in [0.2, 0.25) is 0 Å². The van der Waals surface area contributed by atoms with Gasteiger partial charge in [-0.15, -0.1) is 0 Å². The van der Waals surface area contributed by atoms with Crippen molar-refractivity contribution in [3.8, 4) is 0 Å². The summed E-state index contributed by atoms with van der Waals surface area (Å²) in [5.74, 6) is 7.10. The molecule has 3 rings (SSSR count).